The molecule has 0 aliphatic rings. The molecule has 4 nitrogen and oxygen atoms in total. The lowest BCUT2D eigenvalue weighted by molar-refractivity contribution is 0.176. The van der Waals surface area contributed by atoms with Gasteiger partial charge in [-0.1, -0.05) is 54.4 Å². The van der Waals surface area contributed by atoms with Crippen LogP contribution in [0.15, 0.2) is 0 Å². The van der Waals surface area contributed by atoms with E-state index in [1.165, 1.54) is 32.2 Å². The van der Waals surface area contributed by atoms with Crippen molar-refractivity contribution < 1.29 is 8.85 Å². The summed E-state index contributed by atoms with van der Waals surface area (Å²) in [6.45, 7) is 26.9. The fourth-order valence-electron chi connectivity index (χ4n) is 2.43. The summed E-state index contributed by atoms with van der Waals surface area (Å²) in [4.78, 5) is 2.27. The van der Waals surface area contributed by atoms with E-state index in [1.807, 2.05) is 0 Å². The van der Waals surface area contributed by atoms with Crippen molar-refractivity contribution in [2.45, 2.75) is 110 Å². The van der Waals surface area contributed by atoms with Crippen LogP contribution >= 0.6 is 0 Å². The molecule has 0 amide bonds. The molecule has 0 bridgehead atoms. The van der Waals surface area contributed by atoms with E-state index in [1.54, 1.807) is 0 Å². The van der Waals surface area contributed by atoms with E-state index in [0.29, 0.717) is 0 Å². The summed E-state index contributed by atoms with van der Waals surface area (Å²) in [5.74, 6) is 0. The first-order chi connectivity index (χ1) is 13.0. The molecule has 176 valence electrons. The fourth-order valence-corrected chi connectivity index (χ4v) is 4.53. The van der Waals surface area contributed by atoms with Gasteiger partial charge < -0.3 is 19.1 Å². The second kappa shape index (κ2) is 12.3. The molecule has 0 heterocycles. The predicted octanol–water partition coefficient (Wildman–Crippen LogP) is 6.11. The van der Waals surface area contributed by atoms with Crippen LogP contribution in [0.3, 0.4) is 0 Å². The molecule has 1 N–H and O–H groups in total. The second-order valence-corrected chi connectivity index (χ2v) is 21.6. The van der Waals surface area contributed by atoms with Gasteiger partial charge in [0.2, 0.25) is 0 Å². The van der Waals surface area contributed by atoms with Crippen molar-refractivity contribution in [2.24, 2.45) is 0 Å². The minimum atomic E-state index is -1.74. The van der Waals surface area contributed by atoms with Crippen LogP contribution in [0.1, 0.15) is 67.2 Å². The quantitative estimate of drug-likeness (QED) is 0.258. The summed E-state index contributed by atoms with van der Waals surface area (Å²) >= 11 is 0. The van der Waals surface area contributed by atoms with Crippen molar-refractivity contribution in [2.75, 3.05) is 40.4 Å². The van der Waals surface area contributed by atoms with Gasteiger partial charge in [0.05, 0.1) is 19.3 Å². The largest absolute Gasteiger partial charge is 0.415 e. The number of hydrogen-bond acceptors (Lipinski definition) is 4. The SMILES string of the molecule is CN(C)CCCCCCNC(CO[Si](C)(C)C(C)(C)C)CO[Si](C)(C)C(C)(C)C. The maximum atomic E-state index is 6.54. The van der Waals surface area contributed by atoms with Crippen molar-refractivity contribution >= 4 is 16.6 Å². The van der Waals surface area contributed by atoms with Crippen molar-refractivity contribution in [1.29, 1.82) is 0 Å². The molecule has 0 saturated heterocycles. The summed E-state index contributed by atoms with van der Waals surface area (Å²) in [7, 11) is 0.811. The number of hydrogen-bond donors (Lipinski definition) is 1. The van der Waals surface area contributed by atoms with Crippen molar-refractivity contribution in [3.05, 3.63) is 0 Å². The summed E-state index contributed by atoms with van der Waals surface area (Å²) in [6, 6.07) is 0.278. The van der Waals surface area contributed by atoms with E-state index in [4.69, 9.17) is 8.85 Å². The first kappa shape index (κ1) is 29.3. The Morgan fingerprint density at radius 1 is 0.724 bits per heavy atom. The van der Waals surface area contributed by atoms with E-state index >= 15 is 0 Å². The number of nitrogens with one attached hydrogen (secondary N) is 1. The van der Waals surface area contributed by atoms with Gasteiger partial charge in [-0.15, -0.1) is 0 Å². The maximum absolute atomic E-state index is 6.54. The molecule has 0 radical (unpaired) electrons. The average Bonchev–Trinajstić information content (AvgIpc) is 2.53. The molecule has 0 rings (SSSR count). The third-order valence-corrected chi connectivity index (χ3v) is 15.9. The molecule has 6 heteroatoms. The zero-order valence-electron chi connectivity index (χ0n) is 22.0. The van der Waals surface area contributed by atoms with Gasteiger partial charge in [0, 0.05) is 0 Å². The van der Waals surface area contributed by atoms with Gasteiger partial charge in [0.1, 0.15) is 0 Å². The zero-order valence-corrected chi connectivity index (χ0v) is 24.0. The Morgan fingerprint density at radius 2 is 1.14 bits per heavy atom. The average molecular weight is 447 g/mol. The zero-order chi connectivity index (χ0) is 22.9. The molecule has 0 spiro atoms. The monoisotopic (exact) mass is 446 g/mol. The van der Waals surface area contributed by atoms with E-state index in [2.05, 4.69) is 92.0 Å². The van der Waals surface area contributed by atoms with Gasteiger partial charge in [-0.2, -0.15) is 0 Å². The van der Waals surface area contributed by atoms with Crippen molar-refractivity contribution in [1.82, 2.24) is 10.2 Å². The molecular weight excluding hydrogens is 392 g/mol. The lowest BCUT2D eigenvalue weighted by Gasteiger charge is -2.39. The molecule has 0 aliphatic heterocycles. The van der Waals surface area contributed by atoms with Crippen LogP contribution in [0.5, 0.6) is 0 Å². The van der Waals surface area contributed by atoms with Gasteiger partial charge in [0.25, 0.3) is 0 Å². The van der Waals surface area contributed by atoms with Crippen LogP contribution < -0.4 is 5.32 Å². The summed E-state index contributed by atoms with van der Waals surface area (Å²) in [6.07, 6.45) is 5.12. The van der Waals surface area contributed by atoms with E-state index < -0.39 is 16.6 Å². The highest BCUT2D eigenvalue weighted by molar-refractivity contribution is 6.74. The highest BCUT2D eigenvalue weighted by Crippen LogP contribution is 2.37. The van der Waals surface area contributed by atoms with Crippen LogP contribution in [0.25, 0.3) is 0 Å². The molecule has 0 aromatic rings. The highest BCUT2D eigenvalue weighted by atomic mass is 28.4. The van der Waals surface area contributed by atoms with Gasteiger partial charge >= 0.3 is 0 Å². The Balaban J connectivity index is 4.64. The van der Waals surface area contributed by atoms with Crippen molar-refractivity contribution in [3.8, 4) is 0 Å². The molecule has 0 aromatic heterocycles. The molecule has 29 heavy (non-hydrogen) atoms. The normalized spacial score (nSPS) is 14.3. The minimum Gasteiger partial charge on any atom is -0.415 e. The standard InChI is InChI=1S/C23H54N2O2Si2/c1-22(2,3)28(9,10)26-19-21(20-27-29(11,12)23(4,5)6)24-17-15-13-14-16-18-25(7)8/h21,24H,13-20H2,1-12H3. The fraction of sp³-hybridized carbons (Fsp3) is 1.00. The Labute approximate surface area is 185 Å². The molecule has 0 unspecified atom stereocenters. The van der Waals surface area contributed by atoms with Crippen LogP contribution in [-0.2, 0) is 8.85 Å². The van der Waals surface area contributed by atoms with Gasteiger partial charge in [-0.25, -0.2) is 0 Å². The Hall–Kier alpha value is 0.274. The first-order valence-electron chi connectivity index (χ1n) is 11.7. The summed E-state index contributed by atoms with van der Waals surface area (Å²) in [5.41, 5.74) is 0. The van der Waals surface area contributed by atoms with Gasteiger partial charge in [-0.3, -0.25) is 0 Å². The maximum Gasteiger partial charge on any atom is 0.192 e. The molecule has 0 aromatic carbocycles. The number of unbranched alkanes of at least 4 members (excludes halogenated alkanes) is 3. The van der Waals surface area contributed by atoms with E-state index in [9.17, 15) is 0 Å². The van der Waals surface area contributed by atoms with Gasteiger partial charge in [0.15, 0.2) is 16.6 Å². The minimum absolute atomic E-state index is 0.240. The van der Waals surface area contributed by atoms with E-state index in [-0.39, 0.29) is 16.1 Å². The lowest BCUT2D eigenvalue weighted by atomic mass is 10.2. The molecule has 0 saturated carbocycles. The summed E-state index contributed by atoms with van der Waals surface area (Å²) < 4.78 is 13.1. The van der Waals surface area contributed by atoms with Crippen LogP contribution in [0.2, 0.25) is 36.3 Å². The molecule has 0 fully saturated rings. The van der Waals surface area contributed by atoms with Crippen molar-refractivity contribution in [3.63, 3.8) is 0 Å². The smallest absolute Gasteiger partial charge is 0.192 e. The Kier molecular flexibility index (Phi) is 12.5. The van der Waals surface area contributed by atoms with Crippen LogP contribution in [-0.4, -0.2) is 68.0 Å². The number of nitrogens with zero attached hydrogens (tertiary/aromatic N) is 1. The molecule has 0 atom stereocenters. The second-order valence-electron chi connectivity index (χ2n) is 12.0. The van der Waals surface area contributed by atoms with E-state index in [0.717, 1.165) is 19.8 Å². The predicted molar refractivity (Wildman–Crippen MR) is 135 cm³/mol. The highest BCUT2D eigenvalue weighted by Gasteiger charge is 2.39. The first-order valence-corrected chi connectivity index (χ1v) is 17.5. The summed E-state index contributed by atoms with van der Waals surface area (Å²) in [5, 5.41) is 4.23. The van der Waals surface area contributed by atoms with Gasteiger partial charge in [-0.05, 0) is 76.3 Å². The Bertz CT molecular complexity index is 411. The third kappa shape index (κ3) is 12.0. The molecule has 0 aliphatic carbocycles. The third-order valence-electron chi connectivity index (χ3n) is 6.87. The Morgan fingerprint density at radius 3 is 1.52 bits per heavy atom. The lowest BCUT2D eigenvalue weighted by Crippen LogP contribution is -2.49. The van der Waals surface area contributed by atoms with Crippen LogP contribution in [0.4, 0.5) is 0 Å². The van der Waals surface area contributed by atoms with Crippen LogP contribution in [0, 0.1) is 0 Å². The topological polar surface area (TPSA) is 33.7 Å². The molecular formula is C23H54N2O2Si2. The number of rotatable bonds is 14.